The van der Waals surface area contributed by atoms with Gasteiger partial charge in [0.05, 0.1) is 0 Å². The third kappa shape index (κ3) is 7.38. The molecule has 0 bridgehead atoms. The Balaban J connectivity index is 0. The van der Waals surface area contributed by atoms with Crippen molar-refractivity contribution in [3.8, 4) is 0 Å². The van der Waals surface area contributed by atoms with Crippen LogP contribution in [-0.4, -0.2) is 33.9 Å². The Morgan fingerprint density at radius 2 is 2.00 bits per heavy atom. The Bertz CT molecular complexity index is 363. The lowest BCUT2D eigenvalue weighted by molar-refractivity contribution is 0.298. The summed E-state index contributed by atoms with van der Waals surface area (Å²) >= 11 is 0. The molecule has 0 fully saturated rings. The zero-order valence-corrected chi connectivity index (χ0v) is 9.79. The van der Waals surface area contributed by atoms with E-state index < -0.39 is 11.0 Å². The van der Waals surface area contributed by atoms with Gasteiger partial charge in [0.15, 0.2) is 0 Å². The van der Waals surface area contributed by atoms with E-state index in [-0.39, 0.29) is 17.7 Å². The highest BCUT2D eigenvalue weighted by Crippen LogP contribution is 1.94. The molecule has 0 heterocycles. The molecule has 0 aliphatic rings. The summed E-state index contributed by atoms with van der Waals surface area (Å²) in [6, 6.07) is 7.97. The zero-order valence-electron chi connectivity index (χ0n) is 8.90. The summed E-state index contributed by atoms with van der Waals surface area (Å²) in [6.45, 7) is 0.623. The SMILES string of the molecule is Bc1cccc(CNCO[SH](=O)=O)c1.O.O. The van der Waals surface area contributed by atoms with Crippen molar-refractivity contribution in [2.75, 3.05) is 6.73 Å². The highest BCUT2D eigenvalue weighted by molar-refractivity contribution is 7.67. The van der Waals surface area contributed by atoms with Crippen LogP contribution in [0.3, 0.4) is 0 Å². The molecule has 1 rings (SSSR count). The van der Waals surface area contributed by atoms with Crippen LogP contribution in [0.25, 0.3) is 0 Å². The van der Waals surface area contributed by atoms with Crippen molar-refractivity contribution in [1.82, 2.24) is 5.32 Å². The predicted molar refractivity (Wildman–Crippen MR) is 65.0 cm³/mol. The fourth-order valence-electron chi connectivity index (χ4n) is 1.12. The molecule has 6 nitrogen and oxygen atoms in total. The summed E-state index contributed by atoms with van der Waals surface area (Å²) in [5, 5.41) is 2.85. The van der Waals surface area contributed by atoms with E-state index in [1.165, 1.54) is 5.46 Å². The van der Waals surface area contributed by atoms with Crippen LogP contribution in [0.15, 0.2) is 24.3 Å². The average molecular weight is 249 g/mol. The van der Waals surface area contributed by atoms with Crippen LogP contribution in [0.1, 0.15) is 5.56 Å². The van der Waals surface area contributed by atoms with Gasteiger partial charge in [-0.25, -0.2) is 8.42 Å². The molecule has 1 aromatic carbocycles. The molecular formula is C8H16BNO5S. The maximum atomic E-state index is 10.0. The van der Waals surface area contributed by atoms with Gasteiger partial charge in [-0.05, 0) is 5.56 Å². The average Bonchev–Trinajstić information content (AvgIpc) is 2.12. The van der Waals surface area contributed by atoms with E-state index in [9.17, 15) is 8.42 Å². The Hall–Kier alpha value is -0.925. The summed E-state index contributed by atoms with van der Waals surface area (Å²) in [7, 11) is -0.741. The summed E-state index contributed by atoms with van der Waals surface area (Å²) < 4.78 is 24.4. The summed E-state index contributed by atoms with van der Waals surface area (Å²) in [5.41, 5.74) is 2.29. The van der Waals surface area contributed by atoms with E-state index in [0.29, 0.717) is 6.54 Å². The first-order valence-corrected chi connectivity index (χ1v) is 5.31. The quantitative estimate of drug-likeness (QED) is 0.248. The fourth-order valence-corrected chi connectivity index (χ4v) is 1.31. The number of nitrogens with one attached hydrogen (secondary N) is 1. The van der Waals surface area contributed by atoms with Crippen LogP contribution in [0.4, 0.5) is 0 Å². The fraction of sp³-hybridized carbons (Fsp3) is 0.250. The van der Waals surface area contributed by atoms with E-state index in [1.54, 1.807) is 0 Å². The highest BCUT2D eigenvalue weighted by atomic mass is 32.2. The maximum Gasteiger partial charge on any atom is 0.258 e. The Kier molecular flexibility index (Phi) is 10.2. The summed E-state index contributed by atoms with van der Waals surface area (Å²) in [5.74, 6) is 0. The molecule has 0 aliphatic carbocycles. The normalized spacial score (nSPS) is 9.31. The van der Waals surface area contributed by atoms with Crippen molar-refractivity contribution in [2.45, 2.75) is 6.54 Å². The van der Waals surface area contributed by atoms with E-state index >= 15 is 0 Å². The second-order valence-electron chi connectivity index (χ2n) is 2.91. The topological polar surface area (TPSA) is 118 Å². The summed E-state index contributed by atoms with van der Waals surface area (Å²) in [4.78, 5) is 0. The first-order valence-electron chi connectivity index (χ1n) is 4.22. The van der Waals surface area contributed by atoms with Crippen molar-refractivity contribution < 1.29 is 23.6 Å². The molecule has 0 aromatic heterocycles. The van der Waals surface area contributed by atoms with Gasteiger partial charge in [-0.1, -0.05) is 29.7 Å². The van der Waals surface area contributed by atoms with Crippen molar-refractivity contribution >= 4 is 24.3 Å². The molecule has 0 radical (unpaired) electrons. The number of thiol groups is 1. The lowest BCUT2D eigenvalue weighted by Gasteiger charge is -2.03. The molecule has 0 unspecified atom stereocenters. The third-order valence-electron chi connectivity index (χ3n) is 1.68. The second kappa shape index (κ2) is 9.31. The zero-order chi connectivity index (χ0) is 10.4. The number of hydrogen-bond acceptors (Lipinski definition) is 4. The molecule has 92 valence electrons. The van der Waals surface area contributed by atoms with Crippen molar-refractivity contribution in [1.29, 1.82) is 0 Å². The molecule has 8 heteroatoms. The molecule has 0 spiro atoms. The minimum atomic E-state index is -2.75. The van der Waals surface area contributed by atoms with Crippen LogP contribution in [-0.2, 0) is 21.7 Å². The lowest BCUT2D eigenvalue weighted by atomic mass is 9.94. The summed E-state index contributed by atoms with van der Waals surface area (Å²) in [6.07, 6.45) is 0. The van der Waals surface area contributed by atoms with E-state index in [0.717, 1.165) is 5.56 Å². The van der Waals surface area contributed by atoms with Crippen LogP contribution in [0, 0.1) is 0 Å². The van der Waals surface area contributed by atoms with Gasteiger partial charge < -0.3 is 11.0 Å². The van der Waals surface area contributed by atoms with E-state index in [2.05, 4.69) is 9.50 Å². The first kappa shape index (κ1) is 17.5. The van der Waals surface area contributed by atoms with Crippen molar-refractivity contribution in [3.05, 3.63) is 29.8 Å². The molecule has 5 N–H and O–H groups in total. The molecule has 0 amide bonds. The van der Waals surface area contributed by atoms with Gasteiger partial charge >= 0.3 is 0 Å². The first-order chi connectivity index (χ1) is 6.68. The maximum absolute atomic E-state index is 10.0. The smallest absolute Gasteiger partial charge is 0.258 e. The van der Waals surface area contributed by atoms with Gasteiger partial charge in [-0.2, -0.15) is 0 Å². The predicted octanol–water partition coefficient (Wildman–Crippen LogP) is -3.11. The van der Waals surface area contributed by atoms with Crippen LogP contribution in [0.5, 0.6) is 0 Å². The van der Waals surface area contributed by atoms with Crippen LogP contribution in [0.2, 0.25) is 0 Å². The van der Waals surface area contributed by atoms with Crippen molar-refractivity contribution in [2.24, 2.45) is 0 Å². The Morgan fingerprint density at radius 1 is 1.31 bits per heavy atom. The van der Waals surface area contributed by atoms with Gasteiger partial charge in [0.1, 0.15) is 14.6 Å². The molecular weight excluding hydrogens is 233 g/mol. The molecule has 0 atom stereocenters. The molecule has 0 saturated heterocycles. The van der Waals surface area contributed by atoms with Crippen molar-refractivity contribution in [3.63, 3.8) is 0 Å². The number of benzene rings is 1. The highest BCUT2D eigenvalue weighted by Gasteiger charge is 1.92. The van der Waals surface area contributed by atoms with Gasteiger partial charge in [0.2, 0.25) is 0 Å². The molecule has 1 aromatic rings. The van der Waals surface area contributed by atoms with E-state index in [1.807, 2.05) is 32.1 Å². The standard InChI is InChI=1S/C8H12BNO3S.2H2O/c9-8-3-1-2-7(4-8)5-10-6-13-14(11)12;;/h1-4,10,14H,5-6,9H2;2*1H2. The Labute approximate surface area is 96.8 Å². The molecule has 16 heavy (non-hydrogen) atoms. The Morgan fingerprint density at radius 3 is 2.56 bits per heavy atom. The lowest BCUT2D eigenvalue weighted by Crippen LogP contribution is -2.17. The van der Waals surface area contributed by atoms with Gasteiger partial charge in [-0.3, -0.25) is 9.50 Å². The largest absolute Gasteiger partial charge is 0.412 e. The number of rotatable bonds is 5. The van der Waals surface area contributed by atoms with E-state index in [4.69, 9.17) is 0 Å². The van der Waals surface area contributed by atoms with Gasteiger partial charge in [0, 0.05) is 6.54 Å². The van der Waals surface area contributed by atoms with Gasteiger partial charge in [0.25, 0.3) is 11.0 Å². The second-order valence-corrected chi connectivity index (χ2v) is 3.62. The van der Waals surface area contributed by atoms with Gasteiger partial charge in [-0.15, -0.1) is 0 Å². The van der Waals surface area contributed by atoms with Crippen LogP contribution < -0.4 is 10.8 Å². The third-order valence-corrected chi connectivity index (χ3v) is 2.02. The monoisotopic (exact) mass is 249 g/mol. The minimum absolute atomic E-state index is 0. The van der Waals surface area contributed by atoms with Crippen LogP contribution >= 0.6 is 0 Å². The number of hydrogen-bond donors (Lipinski definition) is 2. The minimum Gasteiger partial charge on any atom is -0.412 e. The molecule has 0 aliphatic heterocycles. The molecule has 0 saturated carbocycles.